The zero-order chi connectivity index (χ0) is 13.7. The molecule has 0 aromatic heterocycles. The lowest BCUT2D eigenvalue weighted by Crippen LogP contribution is -2.32. The minimum absolute atomic E-state index is 0.147. The van der Waals surface area contributed by atoms with E-state index in [0.29, 0.717) is 18.7 Å². The zero-order valence-electron chi connectivity index (χ0n) is 11.2. The van der Waals surface area contributed by atoms with Gasteiger partial charge in [-0.1, -0.05) is 6.07 Å². The van der Waals surface area contributed by atoms with Crippen LogP contribution in [-0.2, 0) is 0 Å². The van der Waals surface area contributed by atoms with Crippen LogP contribution in [-0.4, -0.2) is 12.6 Å². The first kappa shape index (κ1) is 14.5. The van der Waals surface area contributed by atoms with E-state index in [4.69, 9.17) is 11.0 Å². The van der Waals surface area contributed by atoms with E-state index in [1.807, 2.05) is 31.7 Å². The van der Waals surface area contributed by atoms with Crippen molar-refractivity contribution in [2.45, 2.75) is 39.3 Å². The molecule has 0 radical (unpaired) electrons. The van der Waals surface area contributed by atoms with Crippen molar-refractivity contribution in [3.8, 4) is 6.07 Å². The maximum atomic E-state index is 14.1. The minimum atomic E-state index is -0.281. The lowest BCUT2D eigenvalue weighted by Gasteiger charge is -2.28. The van der Waals surface area contributed by atoms with Crippen molar-refractivity contribution in [3.05, 3.63) is 29.6 Å². The van der Waals surface area contributed by atoms with E-state index < -0.39 is 0 Å². The maximum absolute atomic E-state index is 14.1. The van der Waals surface area contributed by atoms with Gasteiger partial charge in [0.25, 0.3) is 0 Å². The van der Waals surface area contributed by atoms with Crippen molar-refractivity contribution < 1.29 is 4.39 Å². The Kier molecular flexibility index (Phi) is 5.11. The van der Waals surface area contributed by atoms with E-state index in [1.54, 1.807) is 6.07 Å². The molecule has 4 heteroatoms. The molecule has 0 unspecified atom stereocenters. The van der Waals surface area contributed by atoms with Gasteiger partial charge in [-0.3, -0.25) is 0 Å². The van der Waals surface area contributed by atoms with Crippen LogP contribution in [0.25, 0.3) is 0 Å². The molecule has 0 amide bonds. The Labute approximate surface area is 108 Å². The van der Waals surface area contributed by atoms with Gasteiger partial charge in [-0.25, -0.2) is 4.39 Å². The predicted molar refractivity (Wildman–Crippen MR) is 71.7 cm³/mol. The smallest absolute Gasteiger partial charge is 0.146 e. The van der Waals surface area contributed by atoms with Crippen LogP contribution in [0, 0.1) is 17.1 Å². The molecule has 1 aromatic rings. The average molecular weight is 249 g/mol. The highest BCUT2D eigenvalue weighted by atomic mass is 19.1. The predicted octanol–water partition coefficient (Wildman–Crippen LogP) is 2.97. The third-order valence-corrected chi connectivity index (χ3v) is 2.89. The number of hydrogen-bond donors (Lipinski definition) is 1. The van der Waals surface area contributed by atoms with Crippen molar-refractivity contribution in [2.24, 2.45) is 5.73 Å². The highest BCUT2D eigenvalue weighted by molar-refractivity contribution is 5.50. The highest BCUT2D eigenvalue weighted by Gasteiger charge is 2.15. The van der Waals surface area contributed by atoms with Gasteiger partial charge in [-0.15, -0.1) is 0 Å². The van der Waals surface area contributed by atoms with Gasteiger partial charge in [-0.05, 0) is 38.5 Å². The number of anilines is 1. The average Bonchev–Trinajstić information content (AvgIpc) is 2.30. The Balaban J connectivity index is 3.02. The van der Waals surface area contributed by atoms with Crippen LogP contribution in [0.1, 0.15) is 38.8 Å². The second-order valence-electron chi connectivity index (χ2n) is 4.69. The summed E-state index contributed by atoms with van der Waals surface area (Å²) in [5, 5.41) is 8.64. The molecule has 0 spiro atoms. The number of rotatable bonds is 5. The Morgan fingerprint density at radius 1 is 1.39 bits per heavy atom. The molecular formula is C14H20FN3. The fourth-order valence-electron chi connectivity index (χ4n) is 1.87. The van der Waals surface area contributed by atoms with Crippen LogP contribution in [0.3, 0.4) is 0 Å². The second kappa shape index (κ2) is 6.36. The molecule has 3 nitrogen and oxygen atoms in total. The summed E-state index contributed by atoms with van der Waals surface area (Å²) in [4.78, 5) is 1.89. The molecule has 1 atom stereocenters. The first-order valence-electron chi connectivity index (χ1n) is 6.16. The van der Waals surface area contributed by atoms with Gasteiger partial charge >= 0.3 is 0 Å². The maximum Gasteiger partial charge on any atom is 0.146 e. The lowest BCUT2D eigenvalue weighted by molar-refractivity contribution is 0.597. The topological polar surface area (TPSA) is 53.0 Å². The quantitative estimate of drug-likeness (QED) is 0.872. The summed E-state index contributed by atoms with van der Waals surface area (Å²) in [5.74, 6) is -0.281. The summed E-state index contributed by atoms with van der Waals surface area (Å²) in [5.41, 5.74) is 7.04. The van der Waals surface area contributed by atoms with Crippen LogP contribution in [0.4, 0.5) is 10.1 Å². The van der Waals surface area contributed by atoms with Gasteiger partial charge in [0.1, 0.15) is 5.82 Å². The van der Waals surface area contributed by atoms with E-state index in [-0.39, 0.29) is 17.9 Å². The minimum Gasteiger partial charge on any atom is -0.366 e. The molecule has 0 saturated heterocycles. The van der Waals surface area contributed by atoms with E-state index in [1.165, 1.54) is 6.07 Å². The third kappa shape index (κ3) is 3.44. The summed E-state index contributed by atoms with van der Waals surface area (Å²) in [6, 6.07) is 7.11. The Morgan fingerprint density at radius 3 is 2.50 bits per heavy atom. The molecule has 98 valence electrons. The number of nitriles is 1. The summed E-state index contributed by atoms with van der Waals surface area (Å²) < 4.78 is 14.1. The Hall–Kier alpha value is -1.60. The standard InChI is InChI=1S/C14H20FN3/c1-10(2)18(8-4-7-16)14-6-5-12(11(3)17)9-13(14)15/h5-6,9-11H,4,8,17H2,1-3H3/t11-/m1/s1. The van der Waals surface area contributed by atoms with Gasteiger partial charge in [-0.2, -0.15) is 5.26 Å². The molecular weight excluding hydrogens is 229 g/mol. The Bertz CT molecular complexity index is 435. The molecule has 0 heterocycles. The molecule has 1 rings (SSSR count). The normalized spacial score (nSPS) is 12.3. The second-order valence-corrected chi connectivity index (χ2v) is 4.69. The van der Waals surface area contributed by atoms with Crippen molar-refractivity contribution in [2.75, 3.05) is 11.4 Å². The molecule has 0 fully saturated rings. The highest BCUT2D eigenvalue weighted by Crippen LogP contribution is 2.24. The van der Waals surface area contributed by atoms with Gasteiger partial charge in [0.15, 0.2) is 0 Å². The van der Waals surface area contributed by atoms with Crippen LogP contribution >= 0.6 is 0 Å². The number of benzene rings is 1. The fourth-order valence-corrected chi connectivity index (χ4v) is 1.87. The molecule has 18 heavy (non-hydrogen) atoms. The molecule has 2 N–H and O–H groups in total. The van der Waals surface area contributed by atoms with Crippen molar-refractivity contribution in [1.29, 1.82) is 5.26 Å². The first-order valence-corrected chi connectivity index (χ1v) is 6.16. The molecule has 0 aliphatic rings. The summed E-state index contributed by atoms with van der Waals surface area (Å²) in [6.45, 7) is 6.32. The molecule has 0 bridgehead atoms. The molecule has 1 aromatic carbocycles. The van der Waals surface area contributed by atoms with Crippen molar-refractivity contribution in [3.63, 3.8) is 0 Å². The summed E-state index contributed by atoms with van der Waals surface area (Å²) >= 11 is 0. The number of nitrogens with two attached hydrogens (primary N) is 1. The van der Waals surface area contributed by atoms with Crippen molar-refractivity contribution in [1.82, 2.24) is 0 Å². The zero-order valence-corrected chi connectivity index (χ0v) is 11.2. The Morgan fingerprint density at radius 2 is 2.06 bits per heavy atom. The first-order chi connectivity index (χ1) is 8.47. The molecule has 0 aliphatic carbocycles. The van der Waals surface area contributed by atoms with Gasteiger partial charge in [0.2, 0.25) is 0 Å². The summed E-state index contributed by atoms with van der Waals surface area (Å²) in [6.07, 6.45) is 0.382. The third-order valence-electron chi connectivity index (χ3n) is 2.89. The van der Waals surface area contributed by atoms with Crippen molar-refractivity contribution >= 4 is 5.69 Å². The van der Waals surface area contributed by atoms with Crippen LogP contribution < -0.4 is 10.6 Å². The van der Waals surface area contributed by atoms with E-state index in [2.05, 4.69) is 6.07 Å². The van der Waals surface area contributed by atoms with Gasteiger partial charge in [0.05, 0.1) is 18.2 Å². The fraction of sp³-hybridized carbons (Fsp3) is 0.500. The number of halogens is 1. The number of nitrogens with zero attached hydrogens (tertiary/aromatic N) is 2. The van der Waals surface area contributed by atoms with Gasteiger partial charge in [0, 0.05) is 18.6 Å². The van der Waals surface area contributed by atoms with E-state index in [0.717, 1.165) is 5.56 Å². The lowest BCUT2D eigenvalue weighted by atomic mass is 10.1. The van der Waals surface area contributed by atoms with Crippen LogP contribution in [0.5, 0.6) is 0 Å². The molecule has 0 aliphatic heterocycles. The SMILES string of the molecule is CC(C)N(CCC#N)c1ccc([C@@H](C)N)cc1F. The largest absolute Gasteiger partial charge is 0.366 e. The molecule has 0 saturated carbocycles. The van der Waals surface area contributed by atoms with E-state index in [9.17, 15) is 4.39 Å². The van der Waals surface area contributed by atoms with Gasteiger partial charge < -0.3 is 10.6 Å². The van der Waals surface area contributed by atoms with Crippen LogP contribution in [0.2, 0.25) is 0 Å². The summed E-state index contributed by atoms with van der Waals surface area (Å²) in [7, 11) is 0. The monoisotopic (exact) mass is 249 g/mol. The van der Waals surface area contributed by atoms with E-state index >= 15 is 0 Å². The number of hydrogen-bond acceptors (Lipinski definition) is 3. The van der Waals surface area contributed by atoms with Crippen LogP contribution in [0.15, 0.2) is 18.2 Å².